The van der Waals surface area contributed by atoms with E-state index in [4.69, 9.17) is 9.98 Å². The van der Waals surface area contributed by atoms with E-state index < -0.39 is 0 Å². The van der Waals surface area contributed by atoms with E-state index in [1.807, 2.05) is 6.20 Å². The van der Waals surface area contributed by atoms with Gasteiger partial charge in [0.25, 0.3) is 0 Å². The molecule has 3 aliphatic rings. The summed E-state index contributed by atoms with van der Waals surface area (Å²) in [6.07, 6.45) is 8.40. The fourth-order valence-electron chi connectivity index (χ4n) is 10.4. The molecular formula is C56H69N5. The predicted molar refractivity (Wildman–Crippen MR) is 260 cm³/mol. The van der Waals surface area contributed by atoms with E-state index in [9.17, 15) is 0 Å². The molecule has 61 heavy (non-hydrogen) atoms. The summed E-state index contributed by atoms with van der Waals surface area (Å²) in [6, 6.07) is 31.4. The second kappa shape index (κ2) is 14.1. The van der Waals surface area contributed by atoms with Crippen molar-refractivity contribution in [3.63, 3.8) is 0 Å². The molecule has 0 spiro atoms. The van der Waals surface area contributed by atoms with Gasteiger partial charge in [0.2, 0.25) is 0 Å². The van der Waals surface area contributed by atoms with Crippen molar-refractivity contribution in [2.75, 3.05) is 11.4 Å². The Morgan fingerprint density at radius 2 is 1.28 bits per heavy atom. The second-order valence-corrected chi connectivity index (χ2v) is 22.8. The number of benzene rings is 4. The molecule has 2 aromatic heterocycles. The summed E-state index contributed by atoms with van der Waals surface area (Å²) in [7, 11) is 0. The van der Waals surface area contributed by atoms with Crippen molar-refractivity contribution in [3.8, 4) is 5.82 Å². The van der Waals surface area contributed by atoms with Gasteiger partial charge < -0.3 is 9.80 Å². The van der Waals surface area contributed by atoms with Gasteiger partial charge in [-0.05, 0) is 133 Å². The van der Waals surface area contributed by atoms with E-state index in [1.54, 1.807) is 0 Å². The molecule has 0 N–H and O–H groups in total. The van der Waals surface area contributed by atoms with Crippen LogP contribution in [0.2, 0.25) is 0 Å². The number of aromatic nitrogens is 2. The highest BCUT2D eigenvalue weighted by molar-refractivity contribution is 6.12. The van der Waals surface area contributed by atoms with Crippen molar-refractivity contribution in [3.05, 3.63) is 124 Å². The molecule has 5 heteroatoms. The van der Waals surface area contributed by atoms with Gasteiger partial charge in [0.15, 0.2) is 0 Å². The van der Waals surface area contributed by atoms with Crippen molar-refractivity contribution < 1.29 is 0 Å². The van der Waals surface area contributed by atoms with Gasteiger partial charge in [-0.3, -0.25) is 9.56 Å². The fraction of sp³-hybridized carbons (Fsp3) is 0.464. The molecule has 1 saturated carbocycles. The molecule has 6 aromatic rings. The lowest BCUT2D eigenvalue weighted by Gasteiger charge is -2.43. The Labute approximate surface area is 366 Å². The lowest BCUT2D eigenvalue weighted by atomic mass is 9.72. The molecule has 0 amide bonds. The summed E-state index contributed by atoms with van der Waals surface area (Å²) >= 11 is 0. The monoisotopic (exact) mass is 812 g/mol. The van der Waals surface area contributed by atoms with Crippen molar-refractivity contribution in [2.24, 2.45) is 10.4 Å². The highest BCUT2D eigenvalue weighted by Gasteiger charge is 2.47. The number of hydrogen-bond donors (Lipinski definition) is 0. The summed E-state index contributed by atoms with van der Waals surface area (Å²) in [4.78, 5) is 16.2. The Balaban J connectivity index is 1.34. The average molecular weight is 812 g/mol. The molecule has 0 radical (unpaired) electrons. The van der Waals surface area contributed by atoms with Crippen LogP contribution in [-0.2, 0) is 16.2 Å². The molecule has 2 aliphatic heterocycles. The zero-order valence-electron chi connectivity index (χ0n) is 39.6. The van der Waals surface area contributed by atoms with Crippen molar-refractivity contribution in [1.29, 1.82) is 0 Å². The predicted octanol–water partition coefficient (Wildman–Crippen LogP) is 14.7. The van der Waals surface area contributed by atoms with Crippen LogP contribution in [0, 0.1) is 19.3 Å². The Bertz CT molecular complexity index is 2730. The number of aliphatic imine (C=N–C) groups is 1. The minimum atomic E-state index is -0.254. The lowest BCUT2D eigenvalue weighted by molar-refractivity contribution is 0.160. The zero-order chi connectivity index (χ0) is 43.6. The SMILES string of the molecule is Cc1ccc2c(c1)C(C)(C)c1cc3c4cc(C)ccc4n(-c4cc(C(C)(C)C)ccn4)c3cc1N2c1cc(C2=N[C@](C)(C(C)(C)C)CN2C2CCCCC2)cc(C(C)(C)C)c1. The highest BCUT2D eigenvalue weighted by Crippen LogP contribution is 2.55. The maximum Gasteiger partial charge on any atom is 0.137 e. The van der Waals surface area contributed by atoms with Gasteiger partial charge >= 0.3 is 0 Å². The van der Waals surface area contributed by atoms with Crippen LogP contribution in [0.4, 0.5) is 17.1 Å². The van der Waals surface area contributed by atoms with Gasteiger partial charge in [-0.1, -0.05) is 125 Å². The number of pyridine rings is 1. The Morgan fingerprint density at radius 3 is 1.97 bits per heavy atom. The highest BCUT2D eigenvalue weighted by atomic mass is 15.3. The summed E-state index contributed by atoms with van der Waals surface area (Å²) < 4.78 is 2.41. The number of amidine groups is 1. The van der Waals surface area contributed by atoms with Crippen LogP contribution in [-0.4, -0.2) is 38.4 Å². The zero-order valence-corrected chi connectivity index (χ0v) is 39.6. The molecule has 318 valence electrons. The Kier molecular flexibility index (Phi) is 9.55. The largest absolute Gasteiger partial charge is 0.351 e. The molecule has 9 rings (SSSR count). The minimum absolute atomic E-state index is 0.00879. The minimum Gasteiger partial charge on any atom is -0.351 e. The molecule has 0 bridgehead atoms. The molecular weight excluding hydrogens is 743 g/mol. The van der Waals surface area contributed by atoms with Crippen LogP contribution in [0.25, 0.3) is 27.6 Å². The van der Waals surface area contributed by atoms with Crippen molar-refractivity contribution >= 4 is 44.7 Å². The van der Waals surface area contributed by atoms with E-state index in [1.165, 1.54) is 116 Å². The van der Waals surface area contributed by atoms with Crippen LogP contribution in [0.5, 0.6) is 0 Å². The number of hydrogen-bond acceptors (Lipinski definition) is 4. The Morgan fingerprint density at radius 1 is 0.623 bits per heavy atom. The van der Waals surface area contributed by atoms with Gasteiger partial charge in [0.05, 0.1) is 27.9 Å². The van der Waals surface area contributed by atoms with E-state index in [0.717, 1.165) is 12.4 Å². The topological polar surface area (TPSA) is 36.7 Å². The first-order valence-corrected chi connectivity index (χ1v) is 23.1. The number of nitrogens with zero attached hydrogens (tertiary/aromatic N) is 5. The normalized spacial score (nSPS) is 19.7. The van der Waals surface area contributed by atoms with E-state index in [0.29, 0.717) is 6.04 Å². The third kappa shape index (κ3) is 6.90. The molecule has 1 fully saturated rings. The van der Waals surface area contributed by atoms with Crippen LogP contribution < -0.4 is 4.90 Å². The third-order valence-corrected chi connectivity index (χ3v) is 14.9. The maximum atomic E-state index is 5.81. The van der Waals surface area contributed by atoms with Gasteiger partial charge in [-0.25, -0.2) is 4.98 Å². The van der Waals surface area contributed by atoms with E-state index in [-0.39, 0.29) is 27.2 Å². The van der Waals surface area contributed by atoms with Crippen LogP contribution in [0.3, 0.4) is 0 Å². The average Bonchev–Trinajstić information content (AvgIpc) is 3.73. The van der Waals surface area contributed by atoms with Crippen molar-refractivity contribution in [2.45, 2.75) is 157 Å². The third-order valence-electron chi connectivity index (χ3n) is 14.9. The summed E-state index contributed by atoms with van der Waals surface area (Å²) in [5.41, 5.74) is 14.5. The second-order valence-electron chi connectivity index (χ2n) is 22.8. The lowest BCUT2D eigenvalue weighted by Crippen LogP contribution is -2.47. The molecule has 4 heterocycles. The molecule has 4 aromatic carbocycles. The van der Waals surface area contributed by atoms with Crippen LogP contribution in [0.15, 0.2) is 90.1 Å². The van der Waals surface area contributed by atoms with Crippen molar-refractivity contribution in [1.82, 2.24) is 14.5 Å². The van der Waals surface area contributed by atoms with E-state index in [2.05, 4.69) is 190 Å². The molecule has 0 unspecified atom stereocenters. The van der Waals surface area contributed by atoms with Crippen LogP contribution >= 0.6 is 0 Å². The molecule has 0 saturated heterocycles. The number of fused-ring (bicyclic) bond motifs is 5. The molecule has 1 aliphatic carbocycles. The van der Waals surface area contributed by atoms with Gasteiger partial charge in [0, 0.05) is 46.2 Å². The number of aryl methyl sites for hydroxylation is 2. The van der Waals surface area contributed by atoms with Gasteiger partial charge in [-0.15, -0.1) is 0 Å². The molecule has 5 nitrogen and oxygen atoms in total. The van der Waals surface area contributed by atoms with Crippen LogP contribution in [0.1, 0.15) is 154 Å². The summed E-state index contributed by atoms with van der Waals surface area (Å²) in [6.45, 7) is 33.7. The molecule has 1 atom stereocenters. The van der Waals surface area contributed by atoms with Gasteiger partial charge in [-0.2, -0.15) is 0 Å². The fourth-order valence-corrected chi connectivity index (χ4v) is 10.4. The quantitative estimate of drug-likeness (QED) is 0.178. The first-order valence-electron chi connectivity index (χ1n) is 23.1. The first-order chi connectivity index (χ1) is 28.5. The summed E-state index contributed by atoms with van der Waals surface area (Å²) in [5.74, 6) is 2.13. The summed E-state index contributed by atoms with van der Waals surface area (Å²) in [5, 5.41) is 2.53. The maximum absolute atomic E-state index is 5.81. The standard InChI is InChI=1S/C56H69N5/c1-35-20-22-46-42(26-35)43-32-45-49(33-48(43)61(46)50-31-38(24-25-57-50)52(3,4)5)60(47-23-21-36(2)27-44(47)55(45,12)13)41-29-37(28-39(30-41)53(6,7)8)51-58-56(14,54(9,10)11)34-59(51)40-18-16-15-17-19-40/h20-33,40H,15-19,34H2,1-14H3/t56-/m0/s1. The number of rotatable bonds is 4. The smallest absolute Gasteiger partial charge is 0.137 e. The Hall–Kier alpha value is -4.90. The first kappa shape index (κ1) is 41.5. The number of anilines is 3. The van der Waals surface area contributed by atoms with E-state index >= 15 is 0 Å². The van der Waals surface area contributed by atoms with Gasteiger partial charge in [0.1, 0.15) is 11.7 Å².